The number of ether oxygens (including phenoxy) is 2. The lowest BCUT2D eigenvalue weighted by molar-refractivity contribution is -0.121. The van der Waals surface area contributed by atoms with E-state index in [4.69, 9.17) is 9.47 Å². The van der Waals surface area contributed by atoms with Crippen LogP contribution in [-0.4, -0.2) is 50.8 Å². The molecule has 1 fully saturated rings. The number of rotatable bonds is 6. The zero-order valence-electron chi connectivity index (χ0n) is 18.6. The number of nitrogens with one attached hydrogen (secondary N) is 2. The molecule has 2 aromatic rings. The summed E-state index contributed by atoms with van der Waals surface area (Å²) in [5.41, 5.74) is 1.51. The van der Waals surface area contributed by atoms with Gasteiger partial charge in [0.2, 0.25) is 15.9 Å². The summed E-state index contributed by atoms with van der Waals surface area (Å²) in [6.45, 7) is 4.26. The fourth-order valence-corrected chi connectivity index (χ4v) is 5.84. The molecule has 0 aromatic heterocycles. The Morgan fingerprint density at radius 2 is 2.09 bits per heavy atom. The number of para-hydroxylation sites is 2. The van der Waals surface area contributed by atoms with Crippen LogP contribution in [-0.2, 0) is 19.6 Å². The summed E-state index contributed by atoms with van der Waals surface area (Å²) in [4.78, 5) is 24.6. The Bertz CT molecular complexity index is 1180. The van der Waals surface area contributed by atoms with Gasteiger partial charge in [0.25, 0.3) is 5.91 Å². The van der Waals surface area contributed by atoms with Gasteiger partial charge in [0.05, 0.1) is 28.8 Å². The van der Waals surface area contributed by atoms with Gasteiger partial charge < -0.3 is 20.1 Å². The molecule has 0 unspecified atom stereocenters. The molecule has 2 heterocycles. The molecule has 0 radical (unpaired) electrons. The Labute approximate surface area is 193 Å². The van der Waals surface area contributed by atoms with Gasteiger partial charge in [0.15, 0.2) is 6.61 Å². The Morgan fingerprint density at radius 3 is 2.88 bits per heavy atom. The molecule has 0 spiro atoms. The zero-order valence-corrected chi connectivity index (χ0v) is 19.4. The number of nitrogens with zero attached hydrogens (tertiary/aromatic N) is 1. The number of anilines is 2. The number of benzene rings is 2. The summed E-state index contributed by atoms with van der Waals surface area (Å²) in [7, 11) is -3.86. The van der Waals surface area contributed by atoms with Crippen LogP contribution in [0.5, 0.6) is 11.5 Å². The van der Waals surface area contributed by atoms with E-state index in [1.165, 1.54) is 10.4 Å². The molecule has 0 saturated carbocycles. The maximum absolute atomic E-state index is 13.5. The van der Waals surface area contributed by atoms with Crippen LogP contribution in [0.25, 0.3) is 0 Å². The van der Waals surface area contributed by atoms with Crippen molar-refractivity contribution in [3.05, 3.63) is 42.0 Å². The van der Waals surface area contributed by atoms with Gasteiger partial charge in [0, 0.05) is 19.2 Å². The molecule has 4 rings (SSSR count). The van der Waals surface area contributed by atoms with Gasteiger partial charge in [-0.05, 0) is 50.5 Å². The van der Waals surface area contributed by atoms with E-state index in [0.717, 1.165) is 0 Å². The monoisotopic (exact) mass is 473 g/mol. The van der Waals surface area contributed by atoms with Crippen LogP contribution in [0.4, 0.5) is 11.4 Å². The van der Waals surface area contributed by atoms with Gasteiger partial charge in [-0.2, -0.15) is 4.31 Å². The van der Waals surface area contributed by atoms with Crippen molar-refractivity contribution in [2.75, 3.05) is 36.9 Å². The number of carbonyl (C=O) groups excluding carboxylic acids is 2. The maximum atomic E-state index is 13.5. The van der Waals surface area contributed by atoms with Crippen molar-refractivity contribution in [2.24, 2.45) is 5.92 Å². The highest BCUT2D eigenvalue weighted by atomic mass is 32.2. The van der Waals surface area contributed by atoms with E-state index >= 15 is 0 Å². The SMILES string of the molecule is CCOc1ccccc1NC(=O)[C@@H]1CCCN(S(=O)(=O)c2cc3c(cc2C)NC(=O)CO3)C1. The van der Waals surface area contributed by atoms with E-state index in [1.807, 2.05) is 13.0 Å². The van der Waals surface area contributed by atoms with Gasteiger partial charge in [0.1, 0.15) is 11.5 Å². The second kappa shape index (κ2) is 9.40. The molecule has 0 bridgehead atoms. The number of aryl methyl sites for hydroxylation is 1. The Balaban J connectivity index is 1.52. The molecule has 176 valence electrons. The molecule has 10 heteroatoms. The van der Waals surface area contributed by atoms with E-state index in [9.17, 15) is 18.0 Å². The third-order valence-electron chi connectivity index (χ3n) is 5.73. The maximum Gasteiger partial charge on any atom is 0.262 e. The predicted octanol–water partition coefficient (Wildman–Crippen LogP) is 2.76. The quantitative estimate of drug-likeness (QED) is 0.667. The normalized spacial score (nSPS) is 18.6. The average molecular weight is 474 g/mol. The number of sulfonamides is 1. The van der Waals surface area contributed by atoms with Crippen molar-refractivity contribution in [2.45, 2.75) is 31.6 Å². The predicted molar refractivity (Wildman–Crippen MR) is 123 cm³/mol. The molecule has 2 N–H and O–H groups in total. The molecule has 33 heavy (non-hydrogen) atoms. The lowest BCUT2D eigenvalue weighted by Crippen LogP contribution is -2.44. The fraction of sp³-hybridized carbons (Fsp3) is 0.391. The minimum Gasteiger partial charge on any atom is -0.492 e. The van der Waals surface area contributed by atoms with Crippen molar-refractivity contribution in [1.29, 1.82) is 0 Å². The van der Waals surface area contributed by atoms with Crippen LogP contribution >= 0.6 is 0 Å². The van der Waals surface area contributed by atoms with E-state index in [-0.39, 0.29) is 29.9 Å². The summed E-state index contributed by atoms with van der Waals surface area (Å²) >= 11 is 0. The van der Waals surface area contributed by atoms with E-state index in [0.29, 0.717) is 54.4 Å². The first-order chi connectivity index (χ1) is 15.8. The van der Waals surface area contributed by atoms with Crippen LogP contribution in [0.2, 0.25) is 0 Å². The second-order valence-corrected chi connectivity index (χ2v) is 9.98. The highest BCUT2D eigenvalue weighted by Crippen LogP contribution is 2.35. The number of hydrogen-bond donors (Lipinski definition) is 2. The summed E-state index contributed by atoms with van der Waals surface area (Å²) in [6.07, 6.45) is 1.16. The molecule has 2 aromatic carbocycles. The highest BCUT2D eigenvalue weighted by molar-refractivity contribution is 7.89. The number of carbonyl (C=O) groups is 2. The number of amides is 2. The molecule has 2 aliphatic heterocycles. The van der Waals surface area contributed by atoms with Crippen molar-refractivity contribution >= 4 is 33.2 Å². The summed E-state index contributed by atoms with van der Waals surface area (Å²) in [5.74, 6) is -0.122. The van der Waals surface area contributed by atoms with E-state index < -0.39 is 15.9 Å². The first-order valence-electron chi connectivity index (χ1n) is 10.9. The van der Waals surface area contributed by atoms with Crippen molar-refractivity contribution < 1.29 is 27.5 Å². The fourth-order valence-electron chi connectivity index (χ4n) is 4.09. The molecule has 0 aliphatic carbocycles. The standard InChI is InChI=1S/C23H27N3O6S/c1-3-31-19-9-5-4-8-17(19)25-23(28)16-7-6-10-26(13-16)33(29,30)21-12-20-18(11-15(21)2)24-22(27)14-32-20/h4-5,8-9,11-12,16H,3,6-7,10,13-14H2,1-2H3,(H,24,27)(H,25,28)/t16-/m1/s1. The van der Waals surface area contributed by atoms with E-state index in [2.05, 4.69) is 10.6 Å². The van der Waals surface area contributed by atoms with Gasteiger partial charge in [-0.25, -0.2) is 8.42 Å². The summed E-state index contributed by atoms with van der Waals surface area (Å²) in [6, 6.07) is 10.2. The van der Waals surface area contributed by atoms with Crippen LogP contribution in [0.1, 0.15) is 25.3 Å². The van der Waals surface area contributed by atoms with Crippen molar-refractivity contribution in [1.82, 2.24) is 4.31 Å². The minimum atomic E-state index is -3.86. The molecule has 1 atom stereocenters. The van der Waals surface area contributed by atoms with Crippen LogP contribution in [0, 0.1) is 12.8 Å². The number of piperidine rings is 1. The van der Waals surface area contributed by atoms with Crippen LogP contribution < -0.4 is 20.1 Å². The molecular formula is C23H27N3O6S. The smallest absolute Gasteiger partial charge is 0.262 e. The van der Waals surface area contributed by atoms with Gasteiger partial charge >= 0.3 is 0 Å². The zero-order chi connectivity index (χ0) is 23.6. The number of hydrogen-bond acceptors (Lipinski definition) is 6. The lowest BCUT2D eigenvalue weighted by Gasteiger charge is -2.32. The highest BCUT2D eigenvalue weighted by Gasteiger charge is 2.35. The third-order valence-corrected chi connectivity index (χ3v) is 7.73. The van der Waals surface area contributed by atoms with E-state index in [1.54, 1.807) is 31.2 Å². The largest absolute Gasteiger partial charge is 0.492 e. The summed E-state index contributed by atoms with van der Waals surface area (Å²) < 4.78 is 39.2. The molecule has 9 nitrogen and oxygen atoms in total. The Morgan fingerprint density at radius 1 is 1.30 bits per heavy atom. The summed E-state index contributed by atoms with van der Waals surface area (Å²) in [5, 5.41) is 5.57. The Hall–Kier alpha value is -3.11. The topological polar surface area (TPSA) is 114 Å². The average Bonchev–Trinajstić information content (AvgIpc) is 2.80. The van der Waals surface area contributed by atoms with Crippen molar-refractivity contribution in [3.63, 3.8) is 0 Å². The van der Waals surface area contributed by atoms with Gasteiger partial charge in [-0.15, -0.1) is 0 Å². The number of fused-ring (bicyclic) bond motifs is 1. The first-order valence-corrected chi connectivity index (χ1v) is 12.3. The van der Waals surface area contributed by atoms with Gasteiger partial charge in [-0.3, -0.25) is 9.59 Å². The molecule has 1 saturated heterocycles. The first kappa shape index (κ1) is 23.1. The second-order valence-electron chi connectivity index (χ2n) is 8.07. The third kappa shape index (κ3) is 4.81. The molecule has 2 aliphatic rings. The van der Waals surface area contributed by atoms with Crippen LogP contribution in [0.15, 0.2) is 41.3 Å². The minimum absolute atomic E-state index is 0.0824. The molecule has 2 amide bonds. The van der Waals surface area contributed by atoms with Gasteiger partial charge in [-0.1, -0.05) is 12.1 Å². The van der Waals surface area contributed by atoms with Crippen LogP contribution in [0.3, 0.4) is 0 Å². The lowest BCUT2D eigenvalue weighted by atomic mass is 9.98. The van der Waals surface area contributed by atoms with Crippen molar-refractivity contribution in [3.8, 4) is 11.5 Å². The molecular weight excluding hydrogens is 446 g/mol. The Kier molecular flexibility index (Phi) is 6.57.